The molecule has 4 heteroatoms. The van der Waals surface area contributed by atoms with Crippen molar-refractivity contribution in [2.45, 2.75) is 0 Å². The van der Waals surface area contributed by atoms with Crippen LogP contribution in [-0.4, -0.2) is 23.6 Å². The largest absolute Gasteiger partial charge is 0.360 e. The molecule has 0 radical (unpaired) electrons. The Labute approximate surface area is 93.9 Å². The van der Waals surface area contributed by atoms with Crippen molar-refractivity contribution in [3.8, 4) is 5.69 Å². The molecule has 0 saturated carbocycles. The number of imidazole rings is 1. The van der Waals surface area contributed by atoms with Gasteiger partial charge in [0, 0.05) is 19.8 Å². The average molecular weight is 222 g/mol. The van der Waals surface area contributed by atoms with Crippen LogP contribution < -0.4 is 4.90 Å². The minimum atomic E-state index is 0.631. The van der Waals surface area contributed by atoms with Gasteiger partial charge in [-0.05, 0) is 12.1 Å². The van der Waals surface area contributed by atoms with Crippen LogP contribution in [0.4, 0.5) is 5.82 Å². The predicted octanol–water partition coefficient (Wildman–Crippen LogP) is 2.59. The number of nitrogens with zero attached hydrogens (tertiary/aromatic N) is 3. The van der Waals surface area contributed by atoms with Gasteiger partial charge in [-0.15, -0.1) is 0 Å². The van der Waals surface area contributed by atoms with Crippen LogP contribution in [0.2, 0.25) is 5.15 Å². The second-order valence-corrected chi connectivity index (χ2v) is 3.82. The van der Waals surface area contributed by atoms with Gasteiger partial charge in [-0.1, -0.05) is 29.8 Å². The Bertz CT molecular complexity index is 448. The third-order valence-corrected chi connectivity index (χ3v) is 2.50. The summed E-state index contributed by atoms with van der Waals surface area (Å²) in [5.74, 6) is 0.778. The van der Waals surface area contributed by atoms with E-state index >= 15 is 0 Å². The molecule has 2 rings (SSSR count). The van der Waals surface area contributed by atoms with Crippen LogP contribution in [0.5, 0.6) is 0 Å². The molecule has 3 nitrogen and oxygen atoms in total. The molecule has 0 saturated heterocycles. The second kappa shape index (κ2) is 3.95. The average Bonchev–Trinajstić information content (AvgIpc) is 2.61. The lowest BCUT2D eigenvalue weighted by Crippen LogP contribution is -2.09. The highest BCUT2D eigenvalue weighted by molar-refractivity contribution is 6.32. The Morgan fingerprint density at radius 2 is 1.87 bits per heavy atom. The van der Waals surface area contributed by atoms with Crippen LogP contribution in [0.3, 0.4) is 0 Å². The number of halogens is 1. The fourth-order valence-corrected chi connectivity index (χ4v) is 1.75. The molecular weight excluding hydrogens is 210 g/mol. The van der Waals surface area contributed by atoms with Gasteiger partial charge in [-0.3, -0.25) is 4.57 Å². The van der Waals surface area contributed by atoms with Crippen LogP contribution in [-0.2, 0) is 0 Å². The normalized spacial score (nSPS) is 10.3. The lowest BCUT2D eigenvalue weighted by molar-refractivity contribution is 1.06. The van der Waals surface area contributed by atoms with E-state index in [2.05, 4.69) is 4.98 Å². The van der Waals surface area contributed by atoms with E-state index in [1.807, 2.05) is 53.9 Å². The fourth-order valence-electron chi connectivity index (χ4n) is 1.39. The van der Waals surface area contributed by atoms with Gasteiger partial charge in [0.25, 0.3) is 0 Å². The molecule has 0 amide bonds. The van der Waals surface area contributed by atoms with Crippen molar-refractivity contribution in [2.24, 2.45) is 0 Å². The molecule has 0 bridgehead atoms. The van der Waals surface area contributed by atoms with Gasteiger partial charge in [0.1, 0.15) is 6.33 Å². The maximum absolute atomic E-state index is 6.21. The standard InChI is InChI=1S/C11H12ClN3/c1-14(2)11-10(12)15(8-13-11)9-6-4-3-5-7-9/h3-8H,1-2H3. The van der Waals surface area contributed by atoms with Gasteiger partial charge in [0.15, 0.2) is 11.0 Å². The minimum absolute atomic E-state index is 0.631. The number of aromatic nitrogens is 2. The zero-order valence-corrected chi connectivity index (χ0v) is 9.44. The summed E-state index contributed by atoms with van der Waals surface area (Å²) >= 11 is 6.21. The number of rotatable bonds is 2. The highest BCUT2D eigenvalue weighted by Gasteiger charge is 2.10. The van der Waals surface area contributed by atoms with Crippen molar-refractivity contribution in [1.29, 1.82) is 0 Å². The highest BCUT2D eigenvalue weighted by atomic mass is 35.5. The Morgan fingerprint density at radius 1 is 1.20 bits per heavy atom. The van der Waals surface area contributed by atoms with E-state index in [1.54, 1.807) is 6.33 Å². The van der Waals surface area contributed by atoms with E-state index in [9.17, 15) is 0 Å². The Balaban J connectivity index is 2.47. The Kier molecular flexibility index (Phi) is 2.64. The van der Waals surface area contributed by atoms with Crippen LogP contribution in [0, 0.1) is 0 Å². The lowest BCUT2D eigenvalue weighted by atomic mass is 10.3. The smallest absolute Gasteiger partial charge is 0.166 e. The summed E-state index contributed by atoms with van der Waals surface area (Å²) in [6, 6.07) is 9.91. The molecular formula is C11H12ClN3. The molecule has 0 fully saturated rings. The third-order valence-electron chi connectivity index (χ3n) is 2.15. The molecule has 0 unspecified atom stereocenters. The first-order valence-corrected chi connectivity index (χ1v) is 5.03. The minimum Gasteiger partial charge on any atom is -0.360 e. The predicted molar refractivity (Wildman–Crippen MR) is 62.9 cm³/mol. The van der Waals surface area contributed by atoms with Gasteiger partial charge in [-0.25, -0.2) is 4.98 Å². The van der Waals surface area contributed by atoms with Crippen LogP contribution >= 0.6 is 11.6 Å². The van der Waals surface area contributed by atoms with Crippen molar-refractivity contribution in [1.82, 2.24) is 9.55 Å². The number of para-hydroxylation sites is 1. The van der Waals surface area contributed by atoms with E-state index in [-0.39, 0.29) is 0 Å². The lowest BCUT2D eigenvalue weighted by Gasteiger charge is -2.09. The van der Waals surface area contributed by atoms with Gasteiger partial charge in [-0.2, -0.15) is 0 Å². The van der Waals surface area contributed by atoms with Gasteiger partial charge < -0.3 is 4.90 Å². The highest BCUT2D eigenvalue weighted by Crippen LogP contribution is 2.25. The number of hydrogen-bond acceptors (Lipinski definition) is 2. The van der Waals surface area contributed by atoms with E-state index in [0.717, 1.165) is 11.5 Å². The maximum Gasteiger partial charge on any atom is 0.166 e. The molecule has 0 aliphatic heterocycles. The zero-order chi connectivity index (χ0) is 10.8. The molecule has 1 aromatic heterocycles. The second-order valence-electron chi connectivity index (χ2n) is 3.46. The van der Waals surface area contributed by atoms with Crippen molar-refractivity contribution < 1.29 is 0 Å². The van der Waals surface area contributed by atoms with Crippen molar-refractivity contribution in [3.63, 3.8) is 0 Å². The molecule has 0 spiro atoms. The Hall–Kier alpha value is -1.48. The number of benzene rings is 1. The summed E-state index contributed by atoms with van der Waals surface area (Å²) in [5.41, 5.74) is 1.02. The number of hydrogen-bond donors (Lipinski definition) is 0. The van der Waals surface area contributed by atoms with Gasteiger partial charge in [0.05, 0.1) is 0 Å². The first-order chi connectivity index (χ1) is 7.20. The van der Waals surface area contributed by atoms with Crippen molar-refractivity contribution in [2.75, 3.05) is 19.0 Å². The summed E-state index contributed by atoms with van der Waals surface area (Å²) in [5, 5.41) is 0.631. The van der Waals surface area contributed by atoms with Crippen LogP contribution in [0.15, 0.2) is 36.7 Å². The van der Waals surface area contributed by atoms with Gasteiger partial charge in [0.2, 0.25) is 0 Å². The molecule has 0 aliphatic rings. The summed E-state index contributed by atoms with van der Waals surface area (Å²) in [4.78, 5) is 6.14. The molecule has 1 heterocycles. The molecule has 15 heavy (non-hydrogen) atoms. The first-order valence-electron chi connectivity index (χ1n) is 4.65. The molecule has 0 N–H and O–H groups in total. The topological polar surface area (TPSA) is 21.1 Å². The molecule has 1 aromatic carbocycles. The van der Waals surface area contributed by atoms with E-state index < -0.39 is 0 Å². The number of anilines is 1. The summed E-state index contributed by atoms with van der Waals surface area (Å²) in [7, 11) is 3.84. The molecule has 0 aliphatic carbocycles. The summed E-state index contributed by atoms with van der Waals surface area (Å²) < 4.78 is 1.86. The summed E-state index contributed by atoms with van der Waals surface area (Å²) in [6.45, 7) is 0. The fraction of sp³-hybridized carbons (Fsp3) is 0.182. The van der Waals surface area contributed by atoms with E-state index in [0.29, 0.717) is 5.15 Å². The van der Waals surface area contributed by atoms with Crippen molar-refractivity contribution >= 4 is 17.4 Å². The van der Waals surface area contributed by atoms with E-state index in [4.69, 9.17) is 11.6 Å². The van der Waals surface area contributed by atoms with Crippen molar-refractivity contribution in [3.05, 3.63) is 41.8 Å². The molecule has 78 valence electrons. The zero-order valence-electron chi connectivity index (χ0n) is 8.68. The molecule has 2 aromatic rings. The van der Waals surface area contributed by atoms with Crippen LogP contribution in [0.1, 0.15) is 0 Å². The Morgan fingerprint density at radius 3 is 2.40 bits per heavy atom. The SMILES string of the molecule is CN(C)c1ncn(-c2ccccc2)c1Cl. The monoisotopic (exact) mass is 221 g/mol. The quantitative estimate of drug-likeness (QED) is 0.777. The van der Waals surface area contributed by atoms with Crippen LogP contribution in [0.25, 0.3) is 5.69 Å². The molecule has 0 atom stereocenters. The van der Waals surface area contributed by atoms with E-state index in [1.165, 1.54) is 0 Å². The summed E-state index contributed by atoms with van der Waals surface area (Å²) in [6.07, 6.45) is 1.73. The first kappa shape index (κ1) is 10.1. The van der Waals surface area contributed by atoms with Gasteiger partial charge >= 0.3 is 0 Å². The maximum atomic E-state index is 6.21. The third kappa shape index (κ3) is 1.83.